The molecule has 160 valence electrons. The third-order valence-electron chi connectivity index (χ3n) is 5.89. The average Bonchev–Trinajstić information content (AvgIpc) is 3.28. The Morgan fingerprint density at radius 2 is 2.21 bits per heavy atom. The molecule has 0 aromatic carbocycles. The maximum Gasteiger partial charge on any atom is 0.412 e. The van der Waals surface area contributed by atoms with Crippen molar-refractivity contribution in [2.24, 2.45) is 16.7 Å². The third kappa shape index (κ3) is 3.65. The monoisotopic (exact) mass is 437 g/mol. The van der Waals surface area contributed by atoms with E-state index in [0.717, 1.165) is 4.83 Å². The number of carbonyl (C=O) groups is 1. The van der Waals surface area contributed by atoms with E-state index in [1.807, 2.05) is 16.0 Å². The highest BCUT2D eigenvalue weighted by Crippen LogP contribution is 2.56. The van der Waals surface area contributed by atoms with Crippen molar-refractivity contribution < 1.29 is 19.1 Å². The Bertz CT molecular complexity index is 888. The molecular weight excluding hydrogens is 406 g/mol. The minimum Gasteiger partial charge on any atom is -0.445 e. The summed E-state index contributed by atoms with van der Waals surface area (Å²) >= 11 is 1.55. The van der Waals surface area contributed by atoms with E-state index in [2.05, 4.69) is 46.2 Å². The predicted molar refractivity (Wildman–Crippen MR) is 117 cm³/mol. The van der Waals surface area contributed by atoms with Crippen LogP contribution in [0.3, 0.4) is 0 Å². The molecule has 0 aliphatic carbocycles. The zero-order valence-corrected chi connectivity index (χ0v) is 20.8. The van der Waals surface area contributed by atoms with E-state index in [1.165, 1.54) is 6.08 Å². The molecule has 1 aliphatic heterocycles. The van der Waals surface area contributed by atoms with Crippen molar-refractivity contribution >= 4 is 32.7 Å². The summed E-state index contributed by atoms with van der Waals surface area (Å²) < 4.78 is 13.2. The van der Waals surface area contributed by atoms with Crippen molar-refractivity contribution in [3.8, 4) is 0 Å². The topological polar surface area (TPSA) is 76.3 Å². The number of aliphatic hydroxyl groups excluding tert-OH is 1. The molecule has 0 spiro atoms. The Balaban J connectivity index is 2.11. The molecule has 1 amide bonds. The first-order valence-corrected chi connectivity index (χ1v) is 11.4. The SMILES string of the molecule is C=CCOC(=O)N1C(O[SiH3])[C@H](C(C)(C)C)C(C)(C)[C@H]1C(O)c1ncc2sccn12. The Morgan fingerprint density at radius 1 is 1.52 bits per heavy atom. The summed E-state index contributed by atoms with van der Waals surface area (Å²) in [6, 6.07) is -0.562. The number of thiazole rings is 1. The van der Waals surface area contributed by atoms with Crippen molar-refractivity contribution in [3.63, 3.8) is 0 Å². The zero-order valence-electron chi connectivity index (χ0n) is 18.0. The number of rotatable bonds is 5. The minimum absolute atomic E-state index is 0.0126. The van der Waals surface area contributed by atoms with Gasteiger partial charge in [0, 0.05) is 17.5 Å². The summed E-state index contributed by atoms with van der Waals surface area (Å²) in [6.45, 7) is 14.3. The van der Waals surface area contributed by atoms with Crippen molar-refractivity contribution in [2.75, 3.05) is 6.61 Å². The van der Waals surface area contributed by atoms with E-state index in [4.69, 9.17) is 9.16 Å². The second-order valence-corrected chi connectivity index (χ2v) is 10.6. The predicted octanol–water partition coefficient (Wildman–Crippen LogP) is 2.75. The Hall–Kier alpha value is -1.68. The summed E-state index contributed by atoms with van der Waals surface area (Å²) in [5, 5.41) is 13.5. The smallest absolute Gasteiger partial charge is 0.412 e. The number of aliphatic hydroxyl groups is 1. The lowest BCUT2D eigenvalue weighted by Crippen LogP contribution is -2.48. The van der Waals surface area contributed by atoms with Gasteiger partial charge >= 0.3 is 6.09 Å². The van der Waals surface area contributed by atoms with E-state index in [1.54, 1.807) is 22.4 Å². The van der Waals surface area contributed by atoms with E-state index in [-0.39, 0.29) is 17.9 Å². The maximum atomic E-state index is 13.1. The standard InChI is InChI=1S/C20H31N3O4SSi/c1-7-9-26-18(25)23-15(13(24)16-21-11-12-22(16)8-10-28-12)20(5,6)14(17(23)27-29)19(2,3)4/h7-8,10-11,13-15,17,24H,1,9H2,2-6,29H3/t13?,14-,15-,17?/m1/s1. The Morgan fingerprint density at radius 3 is 2.79 bits per heavy atom. The second-order valence-electron chi connectivity index (χ2n) is 9.18. The van der Waals surface area contributed by atoms with Gasteiger partial charge in [-0.15, -0.1) is 11.3 Å². The van der Waals surface area contributed by atoms with Gasteiger partial charge in [0.25, 0.3) is 0 Å². The highest BCUT2D eigenvalue weighted by molar-refractivity contribution is 7.15. The lowest BCUT2D eigenvalue weighted by Gasteiger charge is -2.41. The quantitative estimate of drug-likeness (QED) is 0.575. The van der Waals surface area contributed by atoms with Crippen LogP contribution in [-0.4, -0.2) is 54.8 Å². The van der Waals surface area contributed by atoms with Crippen LogP contribution in [0.25, 0.3) is 4.83 Å². The van der Waals surface area contributed by atoms with Gasteiger partial charge in [0.05, 0.1) is 12.2 Å². The van der Waals surface area contributed by atoms with Gasteiger partial charge in [-0.3, -0.25) is 9.30 Å². The molecule has 0 saturated carbocycles. The number of amides is 1. The van der Waals surface area contributed by atoms with Crippen LogP contribution in [0.1, 0.15) is 46.5 Å². The summed E-state index contributed by atoms with van der Waals surface area (Å²) in [7, 11) is 0.455. The van der Waals surface area contributed by atoms with Gasteiger partial charge in [-0.05, 0) is 10.8 Å². The van der Waals surface area contributed by atoms with Crippen molar-refractivity contribution in [2.45, 2.75) is 53.0 Å². The van der Waals surface area contributed by atoms with Gasteiger partial charge in [0.15, 0.2) is 0 Å². The van der Waals surface area contributed by atoms with Crippen LogP contribution >= 0.6 is 11.3 Å². The van der Waals surface area contributed by atoms with Gasteiger partial charge in [-0.25, -0.2) is 9.78 Å². The number of hydrogen-bond donors (Lipinski definition) is 1. The van der Waals surface area contributed by atoms with Crippen LogP contribution in [0.5, 0.6) is 0 Å². The van der Waals surface area contributed by atoms with Crippen LogP contribution < -0.4 is 0 Å². The highest BCUT2D eigenvalue weighted by atomic mass is 32.1. The third-order valence-corrected chi connectivity index (χ3v) is 7.17. The molecule has 1 N–H and O–H groups in total. The number of hydrogen-bond acceptors (Lipinski definition) is 6. The van der Waals surface area contributed by atoms with E-state index >= 15 is 0 Å². The van der Waals surface area contributed by atoms with Crippen LogP contribution in [0.4, 0.5) is 4.79 Å². The van der Waals surface area contributed by atoms with Gasteiger partial charge in [-0.1, -0.05) is 47.3 Å². The van der Waals surface area contributed by atoms with E-state index in [9.17, 15) is 9.90 Å². The first kappa shape index (κ1) is 22.0. The fraction of sp³-hybridized carbons (Fsp3) is 0.600. The molecule has 2 aromatic heterocycles. The van der Waals surface area contributed by atoms with Crippen LogP contribution in [0.15, 0.2) is 30.4 Å². The molecule has 2 aromatic rings. The lowest BCUT2D eigenvalue weighted by atomic mass is 9.64. The molecule has 7 nitrogen and oxygen atoms in total. The fourth-order valence-electron chi connectivity index (χ4n) is 5.12. The molecule has 1 fully saturated rings. The lowest BCUT2D eigenvalue weighted by molar-refractivity contribution is -0.0263. The molecule has 9 heteroatoms. The molecule has 4 atom stereocenters. The molecule has 1 saturated heterocycles. The molecule has 29 heavy (non-hydrogen) atoms. The number of aromatic nitrogens is 2. The molecule has 1 aliphatic rings. The number of fused-ring (bicyclic) bond motifs is 1. The van der Waals surface area contributed by atoms with Gasteiger partial charge in [0.1, 0.15) is 40.1 Å². The number of nitrogens with zero attached hydrogens (tertiary/aromatic N) is 3. The number of carbonyl (C=O) groups excluding carboxylic acids is 1. The van der Waals surface area contributed by atoms with Crippen molar-refractivity contribution in [3.05, 3.63) is 36.3 Å². The molecule has 3 rings (SSSR count). The fourth-order valence-corrected chi connectivity index (χ4v) is 6.32. The summed E-state index contributed by atoms with van der Waals surface area (Å²) in [4.78, 5) is 20.1. The first-order chi connectivity index (χ1) is 13.6. The normalized spacial score (nSPS) is 25.4. The molecule has 0 bridgehead atoms. The first-order valence-electron chi connectivity index (χ1n) is 9.73. The van der Waals surface area contributed by atoms with Crippen LogP contribution in [0, 0.1) is 16.7 Å². The maximum absolute atomic E-state index is 13.1. The zero-order chi connectivity index (χ0) is 21.6. The summed E-state index contributed by atoms with van der Waals surface area (Å²) in [5.74, 6) is 0.504. The Kier molecular flexibility index (Phi) is 5.97. The highest BCUT2D eigenvalue weighted by Gasteiger charge is 2.62. The molecule has 2 unspecified atom stereocenters. The van der Waals surface area contributed by atoms with Gasteiger partial charge < -0.3 is 14.3 Å². The number of imidazole rings is 1. The van der Waals surface area contributed by atoms with E-state index < -0.39 is 29.9 Å². The van der Waals surface area contributed by atoms with Crippen LogP contribution in [0.2, 0.25) is 0 Å². The van der Waals surface area contributed by atoms with E-state index in [0.29, 0.717) is 16.3 Å². The molecule has 0 radical (unpaired) electrons. The van der Waals surface area contributed by atoms with Gasteiger partial charge in [0.2, 0.25) is 0 Å². The summed E-state index contributed by atoms with van der Waals surface area (Å²) in [5.41, 5.74) is -0.615. The Labute approximate surface area is 178 Å². The van der Waals surface area contributed by atoms with Crippen molar-refractivity contribution in [1.29, 1.82) is 0 Å². The van der Waals surface area contributed by atoms with Crippen LogP contribution in [-0.2, 0) is 9.16 Å². The van der Waals surface area contributed by atoms with Gasteiger partial charge in [-0.2, -0.15) is 0 Å². The second kappa shape index (κ2) is 7.86. The minimum atomic E-state index is -0.995. The average molecular weight is 438 g/mol. The molecular formula is C20H31N3O4SSi. The number of likely N-dealkylation sites (tertiary alicyclic amines) is 1. The largest absolute Gasteiger partial charge is 0.445 e. The van der Waals surface area contributed by atoms with Crippen molar-refractivity contribution in [1.82, 2.24) is 14.3 Å². The molecule has 3 heterocycles. The summed E-state index contributed by atoms with van der Waals surface area (Å²) in [6.07, 6.45) is 3.18. The number of ether oxygens (including phenoxy) is 1.